The van der Waals surface area contributed by atoms with Crippen LogP contribution in [0.25, 0.3) is 0 Å². The normalized spacial score (nSPS) is 20.9. The molecule has 1 fully saturated rings. The number of aromatic nitrogens is 4. The van der Waals surface area contributed by atoms with Crippen LogP contribution in [0.1, 0.15) is 67.6 Å². The van der Waals surface area contributed by atoms with Crippen molar-refractivity contribution < 1.29 is 0 Å². The van der Waals surface area contributed by atoms with Crippen molar-refractivity contribution in [2.45, 2.75) is 83.5 Å². The van der Waals surface area contributed by atoms with E-state index in [1.54, 1.807) is 6.33 Å². The minimum atomic E-state index is 0.743. The Hall–Kier alpha value is -1.95. The molecule has 2 aromatic rings. The van der Waals surface area contributed by atoms with Gasteiger partial charge in [-0.2, -0.15) is 5.10 Å². The highest BCUT2D eigenvalue weighted by Gasteiger charge is 2.25. The predicted octanol–water partition coefficient (Wildman–Crippen LogP) is 3.31. The monoisotopic (exact) mass is 366 g/mol. The van der Waals surface area contributed by atoms with Gasteiger partial charge in [0.05, 0.1) is 17.9 Å². The molecule has 1 aliphatic heterocycles. The Balaban J connectivity index is 1.27. The molecule has 5 rings (SSSR count). The van der Waals surface area contributed by atoms with Crippen molar-refractivity contribution in [2.24, 2.45) is 0 Å². The number of hydrogen-bond acceptors (Lipinski definition) is 5. The third-order valence-electron chi connectivity index (χ3n) is 6.50. The van der Waals surface area contributed by atoms with Gasteiger partial charge < -0.3 is 5.32 Å². The van der Waals surface area contributed by atoms with Crippen molar-refractivity contribution in [3.05, 3.63) is 35.0 Å². The van der Waals surface area contributed by atoms with Gasteiger partial charge in [-0.05, 0) is 44.6 Å². The standard InChI is InChI=1S/C21H30N6/c1-2-6-17(7-3-1)26-10-5-11-27-18(14-26)12-16(25-27)13-22-21-19-8-4-9-20(19)23-15-24-21/h12,15,17H,1-11,13-14H2,(H,22,23,24). The number of hydrogen-bond donors (Lipinski definition) is 1. The summed E-state index contributed by atoms with van der Waals surface area (Å²) in [5, 5.41) is 8.40. The fourth-order valence-corrected chi connectivity index (χ4v) is 5.08. The highest BCUT2D eigenvalue weighted by molar-refractivity contribution is 5.48. The minimum Gasteiger partial charge on any atom is -0.364 e. The van der Waals surface area contributed by atoms with Crippen LogP contribution in [0.2, 0.25) is 0 Å². The van der Waals surface area contributed by atoms with E-state index in [1.807, 2.05) is 0 Å². The maximum absolute atomic E-state index is 4.88. The number of anilines is 1. The molecule has 0 amide bonds. The SMILES string of the molecule is c1nc2c(c(NCc3cc4n(n3)CCCN(C3CCCCC3)C4)n1)CCC2. The van der Waals surface area contributed by atoms with Crippen LogP contribution in [0, 0.1) is 0 Å². The molecule has 6 nitrogen and oxygen atoms in total. The molecule has 0 bridgehead atoms. The van der Waals surface area contributed by atoms with Crippen molar-refractivity contribution in [3.63, 3.8) is 0 Å². The van der Waals surface area contributed by atoms with Gasteiger partial charge in [0.25, 0.3) is 0 Å². The lowest BCUT2D eigenvalue weighted by Crippen LogP contribution is -2.36. The molecule has 2 aliphatic carbocycles. The number of rotatable bonds is 4. The van der Waals surface area contributed by atoms with Crippen LogP contribution in [0.5, 0.6) is 0 Å². The summed E-state index contributed by atoms with van der Waals surface area (Å²) in [6.45, 7) is 4.06. The van der Waals surface area contributed by atoms with Gasteiger partial charge in [0.2, 0.25) is 0 Å². The van der Waals surface area contributed by atoms with Crippen LogP contribution in [0.3, 0.4) is 0 Å². The Morgan fingerprint density at radius 2 is 1.93 bits per heavy atom. The fraction of sp³-hybridized carbons (Fsp3) is 0.667. The first-order chi connectivity index (χ1) is 13.4. The van der Waals surface area contributed by atoms with E-state index in [9.17, 15) is 0 Å². The van der Waals surface area contributed by atoms with E-state index in [0.717, 1.165) is 50.0 Å². The molecule has 0 radical (unpaired) electrons. The second kappa shape index (κ2) is 7.58. The maximum atomic E-state index is 4.88. The molecular formula is C21H30N6. The largest absolute Gasteiger partial charge is 0.364 e. The quantitative estimate of drug-likeness (QED) is 0.900. The van der Waals surface area contributed by atoms with Crippen molar-refractivity contribution in [3.8, 4) is 0 Å². The molecule has 0 spiro atoms. The zero-order valence-electron chi connectivity index (χ0n) is 16.2. The molecule has 144 valence electrons. The molecule has 0 saturated heterocycles. The first-order valence-corrected chi connectivity index (χ1v) is 10.7. The summed E-state index contributed by atoms with van der Waals surface area (Å²) in [4.78, 5) is 11.6. The highest BCUT2D eigenvalue weighted by Crippen LogP contribution is 2.27. The van der Waals surface area contributed by atoms with E-state index in [-0.39, 0.29) is 0 Å². The van der Waals surface area contributed by atoms with Gasteiger partial charge in [0.1, 0.15) is 12.1 Å². The van der Waals surface area contributed by atoms with Gasteiger partial charge in [-0.1, -0.05) is 19.3 Å². The van der Waals surface area contributed by atoms with Gasteiger partial charge in [-0.3, -0.25) is 9.58 Å². The van der Waals surface area contributed by atoms with Crippen molar-refractivity contribution in [2.75, 3.05) is 11.9 Å². The van der Waals surface area contributed by atoms with Crippen molar-refractivity contribution in [1.82, 2.24) is 24.6 Å². The molecule has 3 aliphatic rings. The Bertz CT molecular complexity index is 792. The number of nitrogens with zero attached hydrogens (tertiary/aromatic N) is 5. The van der Waals surface area contributed by atoms with E-state index in [4.69, 9.17) is 5.10 Å². The summed E-state index contributed by atoms with van der Waals surface area (Å²) >= 11 is 0. The molecule has 1 N–H and O–H groups in total. The Morgan fingerprint density at radius 3 is 2.85 bits per heavy atom. The summed E-state index contributed by atoms with van der Waals surface area (Å²) < 4.78 is 2.24. The fourth-order valence-electron chi connectivity index (χ4n) is 5.08. The first-order valence-electron chi connectivity index (χ1n) is 10.7. The zero-order chi connectivity index (χ0) is 18.1. The van der Waals surface area contributed by atoms with Crippen LogP contribution >= 0.6 is 0 Å². The van der Waals surface area contributed by atoms with Crippen LogP contribution in [0.4, 0.5) is 5.82 Å². The van der Waals surface area contributed by atoms with Crippen molar-refractivity contribution >= 4 is 5.82 Å². The summed E-state index contributed by atoms with van der Waals surface area (Å²) in [7, 11) is 0. The van der Waals surface area contributed by atoms with E-state index in [0.29, 0.717) is 0 Å². The smallest absolute Gasteiger partial charge is 0.133 e. The Labute approximate surface area is 161 Å². The second-order valence-corrected chi connectivity index (χ2v) is 8.32. The average Bonchev–Trinajstić information content (AvgIpc) is 3.29. The average molecular weight is 367 g/mol. The van der Waals surface area contributed by atoms with E-state index >= 15 is 0 Å². The van der Waals surface area contributed by atoms with E-state index in [1.165, 1.54) is 68.4 Å². The molecule has 1 saturated carbocycles. The maximum Gasteiger partial charge on any atom is 0.133 e. The Morgan fingerprint density at radius 1 is 1.00 bits per heavy atom. The molecular weight excluding hydrogens is 336 g/mol. The summed E-state index contributed by atoms with van der Waals surface area (Å²) in [5.74, 6) is 1.00. The van der Waals surface area contributed by atoms with E-state index < -0.39 is 0 Å². The lowest BCUT2D eigenvalue weighted by molar-refractivity contribution is 0.150. The molecule has 0 unspecified atom stereocenters. The predicted molar refractivity (Wildman–Crippen MR) is 106 cm³/mol. The van der Waals surface area contributed by atoms with Crippen LogP contribution in [-0.2, 0) is 32.5 Å². The summed E-state index contributed by atoms with van der Waals surface area (Å²) in [6.07, 6.45) is 13.2. The number of fused-ring (bicyclic) bond motifs is 2. The number of aryl methyl sites for hydroxylation is 2. The van der Waals surface area contributed by atoms with E-state index in [2.05, 4.69) is 30.9 Å². The minimum absolute atomic E-state index is 0.743. The van der Waals surface area contributed by atoms with Crippen LogP contribution in [-0.4, -0.2) is 37.2 Å². The third-order valence-corrected chi connectivity index (χ3v) is 6.50. The molecule has 6 heteroatoms. The molecule has 2 aromatic heterocycles. The van der Waals surface area contributed by atoms with Gasteiger partial charge in [0, 0.05) is 36.9 Å². The van der Waals surface area contributed by atoms with Crippen LogP contribution < -0.4 is 5.32 Å². The van der Waals surface area contributed by atoms with Gasteiger partial charge in [0.15, 0.2) is 0 Å². The topological polar surface area (TPSA) is 58.9 Å². The van der Waals surface area contributed by atoms with Gasteiger partial charge in [-0.15, -0.1) is 0 Å². The summed E-state index contributed by atoms with van der Waals surface area (Å²) in [5.41, 5.74) is 5.03. The second-order valence-electron chi connectivity index (χ2n) is 8.32. The molecule has 0 aromatic carbocycles. The Kier molecular flexibility index (Phi) is 4.82. The summed E-state index contributed by atoms with van der Waals surface area (Å²) in [6, 6.07) is 3.08. The molecule has 0 atom stereocenters. The lowest BCUT2D eigenvalue weighted by Gasteiger charge is -2.33. The zero-order valence-corrected chi connectivity index (χ0v) is 16.2. The first kappa shape index (κ1) is 17.2. The highest BCUT2D eigenvalue weighted by atomic mass is 15.3. The van der Waals surface area contributed by atoms with Crippen molar-refractivity contribution in [1.29, 1.82) is 0 Å². The van der Waals surface area contributed by atoms with Gasteiger partial charge in [-0.25, -0.2) is 9.97 Å². The molecule has 3 heterocycles. The third kappa shape index (κ3) is 3.59. The number of nitrogens with one attached hydrogen (secondary N) is 1. The molecule has 27 heavy (non-hydrogen) atoms. The lowest BCUT2D eigenvalue weighted by atomic mass is 9.94. The van der Waals surface area contributed by atoms with Crippen LogP contribution in [0.15, 0.2) is 12.4 Å². The van der Waals surface area contributed by atoms with Gasteiger partial charge >= 0.3 is 0 Å².